The van der Waals surface area contributed by atoms with Crippen molar-refractivity contribution in [3.8, 4) is 11.5 Å². The van der Waals surface area contributed by atoms with E-state index in [0.717, 1.165) is 29.3 Å². The maximum Gasteiger partial charge on any atom is 0.119 e. The summed E-state index contributed by atoms with van der Waals surface area (Å²) in [5, 5.41) is 3.32. The van der Waals surface area contributed by atoms with Gasteiger partial charge < -0.3 is 14.8 Å². The van der Waals surface area contributed by atoms with Crippen LogP contribution in [-0.4, -0.2) is 20.8 Å². The summed E-state index contributed by atoms with van der Waals surface area (Å²) in [6.07, 6.45) is 4.15. The summed E-state index contributed by atoms with van der Waals surface area (Å²) in [6, 6.07) is 15.8. The fraction of sp³-hybridized carbons (Fsp3) is 0.176. The summed E-state index contributed by atoms with van der Waals surface area (Å²) in [7, 11) is 3.34. The molecule has 0 fully saturated rings. The van der Waals surface area contributed by atoms with Crippen LogP contribution in [0.25, 0.3) is 6.08 Å². The SMILES string of the molecule is COc1ccc(NC/C=C/c2cccc(OC)c2)cc1. The van der Waals surface area contributed by atoms with Gasteiger partial charge in [-0.3, -0.25) is 0 Å². The number of anilines is 1. The fourth-order valence-electron chi connectivity index (χ4n) is 1.83. The van der Waals surface area contributed by atoms with Crippen LogP contribution in [0.5, 0.6) is 11.5 Å². The lowest BCUT2D eigenvalue weighted by Gasteiger charge is -2.04. The maximum atomic E-state index is 5.19. The van der Waals surface area contributed by atoms with Gasteiger partial charge in [0, 0.05) is 12.2 Å². The van der Waals surface area contributed by atoms with Crippen LogP contribution in [0.1, 0.15) is 5.56 Å². The molecule has 2 aromatic rings. The van der Waals surface area contributed by atoms with E-state index >= 15 is 0 Å². The number of methoxy groups -OCH3 is 2. The summed E-state index contributed by atoms with van der Waals surface area (Å²) in [6.45, 7) is 0.767. The third kappa shape index (κ3) is 4.05. The summed E-state index contributed by atoms with van der Waals surface area (Å²) < 4.78 is 10.3. The molecule has 0 atom stereocenters. The first-order chi connectivity index (χ1) is 9.81. The largest absolute Gasteiger partial charge is 0.497 e. The molecule has 0 aliphatic rings. The fourth-order valence-corrected chi connectivity index (χ4v) is 1.83. The van der Waals surface area contributed by atoms with Crippen LogP contribution in [0.4, 0.5) is 5.69 Å². The molecule has 0 aromatic heterocycles. The number of hydrogen-bond donors (Lipinski definition) is 1. The smallest absolute Gasteiger partial charge is 0.119 e. The Morgan fingerprint density at radius 3 is 2.40 bits per heavy atom. The van der Waals surface area contributed by atoms with E-state index in [-0.39, 0.29) is 0 Å². The van der Waals surface area contributed by atoms with E-state index in [1.165, 1.54) is 0 Å². The number of rotatable bonds is 6. The highest BCUT2D eigenvalue weighted by molar-refractivity contribution is 5.53. The van der Waals surface area contributed by atoms with Crippen molar-refractivity contribution in [2.24, 2.45) is 0 Å². The number of ether oxygens (including phenoxy) is 2. The van der Waals surface area contributed by atoms with E-state index < -0.39 is 0 Å². The molecule has 3 heteroatoms. The Labute approximate surface area is 119 Å². The third-order valence-electron chi connectivity index (χ3n) is 2.92. The topological polar surface area (TPSA) is 30.5 Å². The minimum atomic E-state index is 0.767. The first-order valence-corrected chi connectivity index (χ1v) is 6.50. The summed E-state index contributed by atoms with van der Waals surface area (Å²) in [5.74, 6) is 1.73. The molecular weight excluding hydrogens is 250 g/mol. The molecule has 3 nitrogen and oxygen atoms in total. The predicted octanol–water partition coefficient (Wildman–Crippen LogP) is 3.83. The van der Waals surface area contributed by atoms with Crippen molar-refractivity contribution in [3.05, 3.63) is 60.2 Å². The van der Waals surface area contributed by atoms with Crippen LogP contribution < -0.4 is 14.8 Å². The second-order valence-corrected chi connectivity index (χ2v) is 4.29. The van der Waals surface area contributed by atoms with Gasteiger partial charge in [0.15, 0.2) is 0 Å². The lowest BCUT2D eigenvalue weighted by molar-refractivity contribution is 0.414. The number of hydrogen-bond acceptors (Lipinski definition) is 3. The monoisotopic (exact) mass is 269 g/mol. The van der Waals surface area contributed by atoms with E-state index in [0.29, 0.717) is 0 Å². The Morgan fingerprint density at radius 1 is 0.950 bits per heavy atom. The average Bonchev–Trinajstić information content (AvgIpc) is 2.52. The lowest BCUT2D eigenvalue weighted by Crippen LogP contribution is -1.97. The van der Waals surface area contributed by atoms with Gasteiger partial charge in [0.05, 0.1) is 14.2 Å². The van der Waals surface area contributed by atoms with Crippen LogP contribution >= 0.6 is 0 Å². The third-order valence-corrected chi connectivity index (χ3v) is 2.92. The second-order valence-electron chi connectivity index (χ2n) is 4.29. The van der Waals surface area contributed by atoms with Crippen molar-refractivity contribution in [1.29, 1.82) is 0 Å². The minimum absolute atomic E-state index is 0.767. The number of nitrogens with one attached hydrogen (secondary N) is 1. The highest BCUT2D eigenvalue weighted by Gasteiger charge is 1.93. The zero-order valence-corrected chi connectivity index (χ0v) is 11.8. The van der Waals surface area contributed by atoms with Crippen LogP contribution in [0.2, 0.25) is 0 Å². The van der Waals surface area contributed by atoms with Gasteiger partial charge in [-0.05, 0) is 42.0 Å². The van der Waals surface area contributed by atoms with Gasteiger partial charge in [-0.1, -0.05) is 24.3 Å². The molecule has 104 valence electrons. The summed E-state index contributed by atoms with van der Waals surface area (Å²) in [4.78, 5) is 0. The van der Waals surface area contributed by atoms with Crippen molar-refractivity contribution in [2.75, 3.05) is 26.1 Å². The first kappa shape index (κ1) is 14.0. The van der Waals surface area contributed by atoms with E-state index in [4.69, 9.17) is 9.47 Å². The zero-order chi connectivity index (χ0) is 14.2. The molecule has 1 N–H and O–H groups in total. The molecule has 0 heterocycles. The average molecular weight is 269 g/mol. The first-order valence-electron chi connectivity index (χ1n) is 6.50. The van der Waals surface area contributed by atoms with Gasteiger partial charge in [-0.25, -0.2) is 0 Å². The highest BCUT2D eigenvalue weighted by Crippen LogP contribution is 2.15. The normalized spacial score (nSPS) is 10.5. The zero-order valence-electron chi connectivity index (χ0n) is 11.8. The second kappa shape index (κ2) is 7.24. The molecule has 0 bridgehead atoms. The Hall–Kier alpha value is -2.42. The van der Waals surface area contributed by atoms with E-state index in [9.17, 15) is 0 Å². The lowest BCUT2D eigenvalue weighted by atomic mass is 10.2. The Morgan fingerprint density at radius 2 is 1.70 bits per heavy atom. The van der Waals surface area contributed by atoms with Crippen molar-refractivity contribution >= 4 is 11.8 Å². The van der Waals surface area contributed by atoms with Gasteiger partial charge >= 0.3 is 0 Å². The van der Waals surface area contributed by atoms with Crippen molar-refractivity contribution in [2.45, 2.75) is 0 Å². The molecule has 0 amide bonds. The highest BCUT2D eigenvalue weighted by atomic mass is 16.5. The molecule has 0 saturated heterocycles. The molecular formula is C17H19NO2. The molecule has 0 radical (unpaired) electrons. The molecule has 0 spiro atoms. The Kier molecular flexibility index (Phi) is 5.07. The van der Waals surface area contributed by atoms with Crippen molar-refractivity contribution < 1.29 is 9.47 Å². The van der Waals surface area contributed by atoms with Crippen LogP contribution in [0, 0.1) is 0 Å². The van der Waals surface area contributed by atoms with E-state index in [2.05, 4.69) is 17.5 Å². The Bertz CT molecular complexity index is 561. The summed E-state index contributed by atoms with van der Waals surface area (Å²) in [5.41, 5.74) is 2.20. The summed E-state index contributed by atoms with van der Waals surface area (Å²) >= 11 is 0. The molecule has 0 saturated carbocycles. The van der Waals surface area contributed by atoms with Gasteiger partial charge in [-0.2, -0.15) is 0 Å². The Balaban J connectivity index is 1.86. The minimum Gasteiger partial charge on any atom is -0.497 e. The molecule has 20 heavy (non-hydrogen) atoms. The standard InChI is InChI=1S/C17H19NO2/c1-19-16-10-8-15(9-11-16)18-12-4-6-14-5-3-7-17(13-14)20-2/h3-11,13,18H,12H2,1-2H3/b6-4+. The van der Waals surface area contributed by atoms with Gasteiger partial charge in [0.2, 0.25) is 0 Å². The van der Waals surface area contributed by atoms with E-state index in [1.54, 1.807) is 14.2 Å². The molecule has 0 aliphatic carbocycles. The quantitative estimate of drug-likeness (QED) is 0.864. The van der Waals surface area contributed by atoms with Gasteiger partial charge in [-0.15, -0.1) is 0 Å². The molecule has 2 rings (SSSR count). The molecule has 0 aliphatic heterocycles. The van der Waals surface area contributed by atoms with E-state index in [1.807, 2.05) is 48.5 Å². The predicted molar refractivity (Wildman–Crippen MR) is 83.5 cm³/mol. The molecule has 0 unspecified atom stereocenters. The number of benzene rings is 2. The maximum absolute atomic E-state index is 5.19. The van der Waals surface area contributed by atoms with Crippen LogP contribution in [0.3, 0.4) is 0 Å². The van der Waals surface area contributed by atoms with Crippen LogP contribution in [0.15, 0.2) is 54.6 Å². The van der Waals surface area contributed by atoms with Gasteiger partial charge in [0.25, 0.3) is 0 Å². The molecule has 2 aromatic carbocycles. The van der Waals surface area contributed by atoms with Gasteiger partial charge in [0.1, 0.15) is 11.5 Å². The van der Waals surface area contributed by atoms with Crippen molar-refractivity contribution in [1.82, 2.24) is 0 Å². The van der Waals surface area contributed by atoms with Crippen molar-refractivity contribution in [3.63, 3.8) is 0 Å². The van der Waals surface area contributed by atoms with Crippen LogP contribution in [-0.2, 0) is 0 Å².